The van der Waals surface area contributed by atoms with Crippen LogP contribution in [-0.4, -0.2) is 39.3 Å². The van der Waals surface area contributed by atoms with Gasteiger partial charge in [0.2, 0.25) is 10.0 Å². The lowest BCUT2D eigenvalue weighted by Crippen LogP contribution is -2.39. The molecular formula is C12H16BrNO5S2. The third-order valence-corrected chi connectivity index (χ3v) is 7.19. The van der Waals surface area contributed by atoms with Gasteiger partial charge in [-0.25, -0.2) is 17.9 Å². The van der Waals surface area contributed by atoms with Gasteiger partial charge in [0.15, 0.2) is 0 Å². The fourth-order valence-corrected chi connectivity index (χ4v) is 5.63. The van der Waals surface area contributed by atoms with Crippen molar-refractivity contribution < 1.29 is 23.1 Å². The van der Waals surface area contributed by atoms with Gasteiger partial charge >= 0.3 is 5.97 Å². The van der Waals surface area contributed by atoms with Crippen LogP contribution in [-0.2, 0) is 14.8 Å². The van der Waals surface area contributed by atoms with E-state index in [0.29, 0.717) is 23.5 Å². The van der Waals surface area contributed by atoms with Crippen LogP contribution in [0.15, 0.2) is 14.7 Å². The molecule has 1 fully saturated rings. The molecule has 0 spiro atoms. The first-order valence-electron chi connectivity index (χ1n) is 6.34. The van der Waals surface area contributed by atoms with Gasteiger partial charge in [0, 0.05) is 19.8 Å². The lowest BCUT2D eigenvalue weighted by molar-refractivity contribution is 0.0264. The third kappa shape index (κ3) is 4.04. The minimum absolute atomic E-state index is 0.0143. The normalized spacial score (nSPS) is 18.6. The van der Waals surface area contributed by atoms with Crippen molar-refractivity contribution in [1.29, 1.82) is 0 Å². The molecule has 1 aromatic heterocycles. The van der Waals surface area contributed by atoms with Crippen molar-refractivity contribution in [3.63, 3.8) is 0 Å². The number of carbonyl (C=O) groups is 1. The molecule has 1 aliphatic rings. The van der Waals surface area contributed by atoms with Crippen molar-refractivity contribution in [2.24, 2.45) is 5.41 Å². The van der Waals surface area contributed by atoms with E-state index in [9.17, 15) is 13.2 Å². The number of halogens is 1. The van der Waals surface area contributed by atoms with E-state index in [1.807, 2.05) is 6.92 Å². The van der Waals surface area contributed by atoms with Gasteiger partial charge < -0.3 is 9.84 Å². The summed E-state index contributed by atoms with van der Waals surface area (Å²) in [6.07, 6.45) is 1.58. The van der Waals surface area contributed by atoms with E-state index in [1.54, 1.807) is 0 Å². The van der Waals surface area contributed by atoms with Crippen LogP contribution in [0.5, 0.6) is 0 Å². The minimum atomic E-state index is -3.73. The van der Waals surface area contributed by atoms with Crippen molar-refractivity contribution >= 4 is 43.3 Å². The third-order valence-electron chi connectivity index (χ3n) is 3.54. The highest BCUT2D eigenvalue weighted by Crippen LogP contribution is 2.33. The largest absolute Gasteiger partial charge is 0.477 e. The number of ether oxygens (including phenoxy) is 1. The van der Waals surface area contributed by atoms with Crippen LogP contribution in [0.4, 0.5) is 0 Å². The molecule has 0 saturated carbocycles. The van der Waals surface area contributed by atoms with Gasteiger partial charge in [-0.05, 0) is 40.3 Å². The zero-order valence-electron chi connectivity index (χ0n) is 11.4. The Kier molecular flexibility index (Phi) is 5.09. The van der Waals surface area contributed by atoms with E-state index in [0.717, 1.165) is 24.2 Å². The fraction of sp³-hybridized carbons (Fsp3) is 0.583. The Balaban J connectivity index is 2.13. The summed E-state index contributed by atoms with van der Waals surface area (Å²) in [5.41, 5.74) is -0.135. The summed E-state index contributed by atoms with van der Waals surface area (Å²) >= 11 is 4.00. The molecular weight excluding hydrogens is 382 g/mol. The monoisotopic (exact) mass is 397 g/mol. The topological polar surface area (TPSA) is 92.7 Å². The van der Waals surface area contributed by atoms with Crippen molar-refractivity contribution in [3.8, 4) is 0 Å². The van der Waals surface area contributed by atoms with Gasteiger partial charge in [0.25, 0.3) is 0 Å². The van der Waals surface area contributed by atoms with E-state index >= 15 is 0 Å². The number of carboxylic acid groups (broad SMARTS) is 1. The van der Waals surface area contributed by atoms with Gasteiger partial charge in [0.1, 0.15) is 9.77 Å². The van der Waals surface area contributed by atoms with Gasteiger partial charge in [-0.1, -0.05) is 6.92 Å². The molecule has 0 bridgehead atoms. The second-order valence-electron chi connectivity index (χ2n) is 5.30. The standard InChI is InChI=1S/C12H16BrNO5S2/c1-12(2-4-19-5-3-12)7-14-21(17,18)9-6-8(11(15)16)20-10(9)13/h6,14H,2-5,7H2,1H3,(H,15,16). The Morgan fingerprint density at radius 3 is 2.67 bits per heavy atom. The van der Waals surface area contributed by atoms with E-state index in [2.05, 4.69) is 20.7 Å². The first-order valence-corrected chi connectivity index (χ1v) is 9.43. The lowest BCUT2D eigenvalue weighted by Gasteiger charge is -2.33. The zero-order valence-corrected chi connectivity index (χ0v) is 14.6. The maximum absolute atomic E-state index is 12.3. The van der Waals surface area contributed by atoms with Crippen LogP contribution in [0.25, 0.3) is 0 Å². The smallest absolute Gasteiger partial charge is 0.345 e. The predicted octanol–water partition coefficient (Wildman–Crippen LogP) is 2.30. The van der Waals surface area contributed by atoms with Crippen LogP contribution < -0.4 is 4.72 Å². The number of thiophene rings is 1. The van der Waals surface area contributed by atoms with Crippen molar-refractivity contribution in [2.75, 3.05) is 19.8 Å². The highest BCUT2D eigenvalue weighted by atomic mass is 79.9. The molecule has 1 saturated heterocycles. The van der Waals surface area contributed by atoms with Gasteiger partial charge in [-0.15, -0.1) is 11.3 Å². The summed E-state index contributed by atoms with van der Waals surface area (Å²) in [6, 6.07) is 1.17. The Morgan fingerprint density at radius 1 is 1.52 bits per heavy atom. The maximum atomic E-state index is 12.3. The Labute approximate surface area is 135 Å². The summed E-state index contributed by atoms with van der Waals surface area (Å²) in [5, 5.41) is 8.92. The summed E-state index contributed by atoms with van der Waals surface area (Å²) < 4.78 is 32.8. The highest BCUT2D eigenvalue weighted by molar-refractivity contribution is 9.11. The number of hydrogen-bond acceptors (Lipinski definition) is 5. The molecule has 0 amide bonds. The zero-order chi connectivity index (χ0) is 15.7. The van der Waals surface area contributed by atoms with Crippen molar-refractivity contribution in [2.45, 2.75) is 24.7 Å². The first-order chi connectivity index (χ1) is 9.73. The maximum Gasteiger partial charge on any atom is 0.345 e. The summed E-state index contributed by atoms with van der Waals surface area (Å²) in [5.74, 6) is -1.14. The SMILES string of the molecule is CC1(CNS(=O)(=O)c2cc(C(=O)O)sc2Br)CCOCC1. The number of carboxylic acids is 1. The number of nitrogens with one attached hydrogen (secondary N) is 1. The van der Waals surface area contributed by atoms with Crippen LogP contribution in [0.3, 0.4) is 0 Å². The molecule has 6 nitrogen and oxygen atoms in total. The number of hydrogen-bond donors (Lipinski definition) is 2. The predicted molar refractivity (Wildman–Crippen MR) is 82.3 cm³/mol. The Hall–Kier alpha value is -0.480. The molecule has 0 aliphatic carbocycles. The average molecular weight is 398 g/mol. The first kappa shape index (κ1) is 16.9. The molecule has 0 radical (unpaired) electrons. The molecule has 2 heterocycles. The number of aromatic carboxylic acids is 1. The van der Waals surface area contributed by atoms with E-state index in [-0.39, 0.29) is 15.2 Å². The van der Waals surface area contributed by atoms with Crippen LogP contribution >= 0.6 is 27.3 Å². The fourth-order valence-electron chi connectivity index (χ4n) is 2.03. The minimum Gasteiger partial charge on any atom is -0.477 e. The van der Waals surface area contributed by atoms with Crippen LogP contribution in [0.1, 0.15) is 29.4 Å². The second-order valence-corrected chi connectivity index (χ2v) is 9.41. The van der Waals surface area contributed by atoms with Gasteiger partial charge in [-0.3, -0.25) is 0 Å². The highest BCUT2D eigenvalue weighted by Gasteiger charge is 2.30. The van der Waals surface area contributed by atoms with Crippen molar-refractivity contribution in [3.05, 3.63) is 14.7 Å². The molecule has 9 heteroatoms. The Morgan fingerprint density at radius 2 is 2.14 bits per heavy atom. The molecule has 0 unspecified atom stereocenters. The van der Waals surface area contributed by atoms with Crippen LogP contribution in [0, 0.1) is 5.41 Å². The molecule has 118 valence electrons. The average Bonchev–Trinajstić information content (AvgIpc) is 2.81. The molecule has 0 aromatic carbocycles. The summed E-state index contributed by atoms with van der Waals surface area (Å²) in [4.78, 5) is 10.9. The summed E-state index contributed by atoms with van der Waals surface area (Å²) in [7, 11) is -3.73. The molecule has 1 aromatic rings. The molecule has 2 N–H and O–H groups in total. The Bertz CT molecular complexity index is 634. The van der Waals surface area contributed by atoms with E-state index in [1.165, 1.54) is 6.07 Å². The molecule has 1 aliphatic heterocycles. The van der Waals surface area contributed by atoms with Crippen LogP contribution in [0.2, 0.25) is 0 Å². The molecule has 0 atom stereocenters. The summed E-state index contributed by atoms with van der Waals surface area (Å²) in [6.45, 7) is 3.58. The number of rotatable bonds is 5. The van der Waals surface area contributed by atoms with Crippen molar-refractivity contribution in [1.82, 2.24) is 4.72 Å². The second kappa shape index (κ2) is 6.33. The number of sulfonamides is 1. The molecule has 21 heavy (non-hydrogen) atoms. The van der Waals surface area contributed by atoms with Gasteiger partial charge in [0.05, 0.1) is 3.79 Å². The van der Waals surface area contributed by atoms with E-state index < -0.39 is 16.0 Å². The quantitative estimate of drug-likeness (QED) is 0.794. The molecule has 2 rings (SSSR count). The van der Waals surface area contributed by atoms with E-state index in [4.69, 9.17) is 9.84 Å². The van der Waals surface area contributed by atoms with Gasteiger partial charge in [-0.2, -0.15) is 0 Å². The lowest BCUT2D eigenvalue weighted by atomic mass is 9.83.